The fourth-order valence-electron chi connectivity index (χ4n) is 9.06. The fourth-order valence-corrected chi connectivity index (χ4v) is 9.78. The molecule has 0 bridgehead atoms. The van der Waals surface area contributed by atoms with Gasteiger partial charge in [-0.1, -0.05) is 64.1 Å². The number of nitrogens with zero attached hydrogens (tertiary/aromatic N) is 8. The number of rotatable bonds is 19. The van der Waals surface area contributed by atoms with E-state index in [0.29, 0.717) is 107 Å². The van der Waals surface area contributed by atoms with E-state index in [1.807, 2.05) is 88.7 Å². The molecule has 71 heavy (non-hydrogen) atoms. The highest BCUT2D eigenvalue weighted by Gasteiger charge is 2.24. The molecule has 0 aliphatic carbocycles. The van der Waals surface area contributed by atoms with E-state index in [0.717, 1.165) is 69.1 Å². The molecule has 8 rings (SSSR count). The molecule has 0 unspecified atom stereocenters. The Labute approximate surface area is 417 Å². The van der Waals surface area contributed by atoms with Crippen LogP contribution in [-0.4, -0.2) is 96.9 Å². The van der Waals surface area contributed by atoms with Crippen molar-refractivity contribution in [1.82, 2.24) is 34.7 Å². The predicted octanol–water partition coefficient (Wildman–Crippen LogP) is 8.51. The molecule has 2 aliphatic rings. The minimum atomic E-state index is -0.329. The lowest BCUT2D eigenvalue weighted by molar-refractivity contribution is -0.128. The van der Waals surface area contributed by atoms with Crippen LogP contribution in [0.5, 0.6) is 0 Å². The standard InChI is InChI=1S/C55H60N10O5S/c1-5-17-62(18-6-2)52(67)42-27-40-11-9-38(29-48(40)60-50(56)31-42)36-14-16-47-45(25-36)34-59-65(55(47)70)22-24-71-35-57-51-32-43(53(68)63(19-7-3)20-8-4)28-41-12-10-39(30-49(41)61-51)37-13-15-46-44(26-37)33-58-64(21-23-66)54(46)69/h9-16,23,25-30,33-34H,5-8,17-22,24,31-32,35H2,1-4H3,(H2,56,60)(H,57,61). The number of thioether (sulfide) groups is 1. The first kappa shape index (κ1) is 49.9. The second kappa shape index (κ2) is 23.0. The highest BCUT2D eigenvalue weighted by molar-refractivity contribution is 7.99. The first-order valence-electron chi connectivity index (χ1n) is 24.5. The number of aliphatic imine (C=N–C) groups is 2. The van der Waals surface area contributed by atoms with Crippen LogP contribution < -0.4 is 22.2 Å². The summed E-state index contributed by atoms with van der Waals surface area (Å²) in [5, 5.41) is 14.6. The van der Waals surface area contributed by atoms with Crippen LogP contribution in [-0.2, 0) is 27.5 Å². The van der Waals surface area contributed by atoms with Gasteiger partial charge in [-0.05, 0) is 96.5 Å². The van der Waals surface area contributed by atoms with Crippen LogP contribution in [0.15, 0.2) is 116 Å². The van der Waals surface area contributed by atoms with Crippen molar-refractivity contribution in [2.75, 3.05) is 37.8 Å². The molecule has 4 aromatic carbocycles. The molecule has 3 N–H and O–H groups in total. The third kappa shape index (κ3) is 11.4. The summed E-state index contributed by atoms with van der Waals surface area (Å²) < 4.78 is 2.63. The third-order valence-electron chi connectivity index (χ3n) is 12.5. The zero-order valence-electron chi connectivity index (χ0n) is 40.8. The van der Waals surface area contributed by atoms with Gasteiger partial charge in [-0.3, -0.25) is 19.2 Å². The molecule has 0 spiro atoms. The van der Waals surface area contributed by atoms with Crippen LogP contribution in [0.1, 0.15) is 77.3 Å². The molecule has 0 saturated heterocycles. The fraction of sp³-hybridized carbons (Fsp3) is 0.327. The maximum absolute atomic E-state index is 14.0. The minimum absolute atomic E-state index is 0.00591. The molecule has 0 radical (unpaired) electrons. The van der Waals surface area contributed by atoms with Crippen LogP contribution in [0.2, 0.25) is 0 Å². The Balaban J connectivity index is 0.961. The number of benzene rings is 4. The summed E-state index contributed by atoms with van der Waals surface area (Å²) >= 11 is 1.60. The van der Waals surface area contributed by atoms with Crippen LogP contribution in [0, 0.1) is 0 Å². The molecular formula is C55H60N10O5S. The molecular weight excluding hydrogens is 913 g/mol. The van der Waals surface area contributed by atoms with Gasteiger partial charge in [0.05, 0.1) is 47.0 Å². The Morgan fingerprint density at radius 1 is 0.662 bits per heavy atom. The Bertz CT molecular complexity index is 3250. The molecule has 366 valence electrons. The van der Waals surface area contributed by atoms with E-state index in [2.05, 4.69) is 43.2 Å². The smallest absolute Gasteiger partial charge is 0.275 e. The summed E-state index contributed by atoms with van der Waals surface area (Å²) in [6.07, 6.45) is 11.9. The first-order chi connectivity index (χ1) is 34.5. The summed E-state index contributed by atoms with van der Waals surface area (Å²) in [6, 6.07) is 23.1. The zero-order chi connectivity index (χ0) is 50.0. The van der Waals surface area contributed by atoms with Crippen LogP contribution in [0.4, 0.5) is 11.4 Å². The summed E-state index contributed by atoms with van der Waals surface area (Å²) in [5.74, 6) is 2.09. The van der Waals surface area contributed by atoms with Crippen molar-refractivity contribution in [1.29, 1.82) is 0 Å². The summed E-state index contributed by atoms with van der Waals surface area (Å²) in [5.41, 5.74) is 13.7. The van der Waals surface area contributed by atoms with Gasteiger partial charge in [-0.2, -0.15) is 10.2 Å². The van der Waals surface area contributed by atoms with Gasteiger partial charge in [0, 0.05) is 77.8 Å². The predicted molar refractivity (Wildman–Crippen MR) is 287 cm³/mol. The number of hydrogen-bond acceptors (Lipinski definition) is 12. The van der Waals surface area contributed by atoms with Crippen molar-refractivity contribution in [2.24, 2.45) is 15.7 Å². The van der Waals surface area contributed by atoms with Crippen molar-refractivity contribution in [3.05, 3.63) is 128 Å². The lowest BCUT2D eigenvalue weighted by Crippen LogP contribution is -2.35. The van der Waals surface area contributed by atoms with E-state index >= 15 is 0 Å². The molecule has 6 aromatic rings. The van der Waals surface area contributed by atoms with E-state index in [1.54, 1.807) is 30.2 Å². The number of amides is 2. The SMILES string of the molecule is CCCN(CCC)C(=O)C1=Cc2ccc(-c3ccc4c(=O)n(CCSCNC5=Nc6cc(-c7ccc8c(=O)n(CC=O)ncc8c7)ccc6C=C(C(=O)N(CCC)CCC)C5)ncc4c3)cc2N=C(N)C1. The van der Waals surface area contributed by atoms with Crippen molar-refractivity contribution >= 4 is 86.6 Å². The molecule has 0 saturated carbocycles. The second-order valence-electron chi connectivity index (χ2n) is 17.8. The average Bonchev–Trinajstić information content (AvgIpc) is 3.67. The normalized spacial score (nSPS) is 13.2. The van der Waals surface area contributed by atoms with E-state index in [1.165, 1.54) is 4.68 Å². The quantitative estimate of drug-likeness (QED) is 0.0452. The minimum Gasteiger partial charge on any atom is -0.387 e. The van der Waals surface area contributed by atoms with Gasteiger partial charge < -0.3 is 25.6 Å². The molecule has 2 amide bonds. The lowest BCUT2D eigenvalue weighted by atomic mass is 9.99. The second-order valence-corrected chi connectivity index (χ2v) is 18.9. The number of nitrogens with two attached hydrogens (primary N) is 1. The summed E-state index contributed by atoms with van der Waals surface area (Å²) in [6.45, 7) is 11.3. The highest BCUT2D eigenvalue weighted by atomic mass is 32.2. The Morgan fingerprint density at radius 2 is 1.14 bits per heavy atom. The van der Waals surface area contributed by atoms with Gasteiger partial charge in [-0.15, -0.1) is 11.8 Å². The zero-order valence-corrected chi connectivity index (χ0v) is 41.6. The molecule has 0 fully saturated rings. The van der Waals surface area contributed by atoms with Gasteiger partial charge in [0.25, 0.3) is 11.1 Å². The van der Waals surface area contributed by atoms with Crippen molar-refractivity contribution < 1.29 is 14.4 Å². The van der Waals surface area contributed by atoms with E-state index in [9.17, 15) is 24.0 Å². The van der Waals surface area contributed by atoms with Gasteiger partial charge in [0.2, 0.25) is 11.8 Å². The van der Waals surface area contributed by atoms with Crippen LogP contribution in [0.25, 0.3) is 56.0 Å². The Hall–Kier alpha value is -7.46. The largest absolute Gasteiger partial charge is 0.387 e. The molecule has 2 aliphatic heterocycles. The highest BCUT2D eigenvalue weighted by Crippen LogP contribution is 2.35. The summed E-state index contributed by atoms with van der Waals surface area (Å²) in [4.78, 5) is 78.8. The van der Waals surface area contributed by atoms with Crippen molar-refractivity contribution in [3.63, 3.8) is 0 Å². The Kier molecular flexibility index (Phi) is 16.2. The Morgan fingerprint density at radius 3 is 1.68 bits per heavy atom. The van der Waals surface area contributed by atoms with Crippen molar-refractivity contribution in [2.45, 2.75) is 79.3 Å². The molecule has 16 heteroatoms. The summed E-state index contributed by atoms with van der Waals surface area (Å²) in [7, 11) is 0. The van der Waals surface area contributed by atoms with Crippen LogP contribution >= 0.6 is 11.8 Å². The molecule has 2 aromatic heterocycles. The monoisotopic (exact) mass is 972 g/mol. The number of carbonyl (C=O) groups is 3. The number of aromatic nitrogens is 4. The molecule has 4 heterocycles. The lowest BCUT2D eigenvalue weighted by Gasteiger charge is -2.23. The van der Waals surface area contributed by atoms with Gasteiger partial charge in [0.1, 0.15) is 24.5 Å². The maximum Gasteiger partial charge on any atom is 0.275 e. The number of fused-ring (bicyclic) bond motifs is 4. The van der Waals surface area contributed by atoms with E-state index in [4.69, 9.17) is 15.7 Å². The first-order valence-corrected chi connectivity index (χ1v) is 25.6. The molecule has 0 atom stereocenters. The van der Waals surface area contributed by atoms with Gasteiger partial charge >= 0.3 is 0 Å². The van der Waals surface area contributed by atoms with Gasteiger partial charge in [-0.25, -0.2) is 19.3 Å². The van der Waals surface area contributed by atoms with Crippen LogP contribution in [0.3, 0.4) is 0 Å². The molecule has 15 nitrogen and oxygen atoms in total. The van der Waals surface area contributed by atoms with E-state index in [-0.39, 0.29) is 35.9 Å². The maximum atomic E-state index is 14.0. The third-order valence-corrected chi connectivity index (χ3v) is 13.3. The number of carbonyl (C=O) groups excluding carboxylic acids is 3. The van der Waals surface area contributed by atoms with E-state index < -0.39 is 0 Å². The number of hydrogen-bond donors (Lipinski definition) is 2. The van der Waals surface area contributed by atoms with Crippen molar-refractivity contribution in [3.8, 4) is 22.3 Å². The topological polar surface area (TPSA) is 190 Å². The average molecular weight is 973 g/mol. The number of aryl methyl sites for hydroxylation is 1. The number of aldehydes is 1. The number of nitrogens with one attached hydrogen (secondary N) is 1. The number of amidine groups is 2. The van der Waals surface area contributed by atoms with Gasteiger partial charge in [0.15, 0.2) is 0 Å².